The Bertz CT molecular complexity index is 1490. The molecular formula is C24H18ClFN6O2. The summed E-state index contributed by atoms with van der Waals surface area (Å²) >= 11 is 5.99. The molecule has 0 saturated carbocycles. The maximum absolute atomic E-state index is 14.0. The van der Waals surface area contributed by atoms with Crippen molar-refractivity contribution < 1.29 is 9.18 Å². The molecule has 2 aromatic carbocycles. The maximum atomic E-state index is 14.0. The minimum Gasteiger partial charge on any atom is -0.345 e. The summed E-state index contributed by atoms with van der Waals surface area (Å²) < 4.78 is 16.7. The molecule has 0 spiro atoms. The highest BCUT2D eigenvalue weighted by atomic mass is 35.5. The first-order valence-electron chi connectivity index (χ1n) is 10.2. The Kier molecular flexibility index (Phi) is 6.25. The Morgan fingerprint density at radius 3 is 2.56 bits per heavy atom. The molecule has 4 rings (SSSR count). The number of benzene rings is 2. The number of carbonyl (C=O) groups is 1. The quantitative estimate of drug-likeness (QED) is 0.471. The molecule has 0 aliphatic carbocycles. The number of aromatic nitrogens is 4. The highest BCUT2D eigenvalue weighted by Gasteiger charge is 2.20. The molecular weight excluding hydrogens is 459 g/mol. The number of halogens is 2. The van der Waals surface area contributed by atoms with Crippen LogP contribution in [-0.2, 0) is 7.05 Å². The van der Waals surface area contributed by atoms with Crippen LogP contribution in [0.15, 0.2) is 65.7 Å². The molecule has 1 N–H and O–H groups in total. The van der Waals surface area contributed by atoms with Crippen LogP contribution in [0.5, 0.6) is 0 Å². The molecule has 10 heteroatoms. The minimum atomic E-state index is -0.686. The van der Waals surface area contributed by atoms with Crippen LogP contribution in [-0.4, -0.2) is 25.5 Å². The standard InChI is InChI=1S/C24H18ClFN6O2/c1-14(16-3-4-17(11-27)21(26)9-16)29-23(33)20-10-22(15-5-7-18(25)8-6-15)30-32(24(20)34)19-12-28-31(2)13-19/h3-10,12-14H,1-2H3,(H,29,33). The van der Waals surface area contributed by atoms with E-state index < -0.39 is 23.3 Å². The highest BCUT2D eigenvalue weighted by molar-refractivity contribution is 6.30. The summed E-state index contributed by atoms with van der Waals surface area (Å²) in [6.45, 7) is 1.65. The Labute approximate surface area is 198 Å². The van der Waals surface area contributed by atoms with Gasteiger partial charge in [0.2, 0.25) is 0 Å². The zero-order chi connectivity index (χ0) is 24.4. The topological polar surface area (TPSA) is 106 Å². The van der Waals surface area contributed by atoms with Crippen molar-refractivity contribution in [3.63, 3.8) is 0 Å². The van der Waals surface area contributed by atoms with Crippen molar-refractivity contribution in [1.29, 1.82) is 5.26 Å². The van der Waals surface area contributed by atoms with E-state index in [1.54, 1.807) is 56.6 Å². The van der Waals surface area contributed by atoms with Gasteiger partial charge in [-0.15, -0.1) is 0 Å². The fraction of sp³-hybridized carbons (Fsp3) is 0.125. The summed E-state index contributed by atoms with van der Waals surface area (Å²) in [7, 11) is 1.70. The van der Waals surface area contributed by atoms with Gasteiger partial charge in [0.05, 0.1) is 29.7 Å². The highest BCUT2D eigenvalue weighted by Crippen LogP contribution is 2.21. The number of aryl methyl sites for hydroxylation is 1. The van der Waals surface area contributed by atoms with Gasteiger partial charge in [-0.1, -0.05) is 29.8 Å². The molecule has 1 atom stereocenters. The van der Waals surface area contributed by atoms with Gasteiger partial charge in [0, 0.05) is 17.6 Å². The van der Waals surface area contributed by atoms with E-state index in [0.29, 0.717) is 27.5 Å². The summed E-state index contributed by atoms with van der Waals surface area (Å²) in [5.74, 6) is -1.34. The van der Waals surface area contributed by atoms with Crippen molar-refractivity contribution in [3.8, 4) is 23.0 Å². The van der Waals surface area contributed by atoms with Gasteiger partial charge < -0.3 is 5.32 Å². The third kappa shape index (κ3) is 4.58. The lowest BCUT2D eigenvalue weighted by Gasteiger charge is -2.15. The lowest BCUT2D eigenvalue weighted by molar-refractivity contribution is 0.0937. The number of hydrogen-bond acceptors (Lipinski definition) is 5. The van der Waals surface area contributed by atoms with Crippen LogP contribution >= 0.6 is 11.6 Å². The molecule has 0 aliphatic heterocycles. The van der Waals surface area contributed by atoms with E-state index in [-0.39, 0.29) is 11.1 Å². The van der Waals surface area contributed by atoms with Crippen LogP contribution in [0, 0.1) is 17.1 Å². The Hall–Kier alpha value is -4.29. The molecule has 0 aliphatic rings. The van der Waals surface area contributed by atoms with E-state index in [9.17, 15) is 14.0 Å². The maximum Gasteiger partial charge on any atom is 0.284 e. The molecule has 0 fully saturated rings. The summed E-state index contributed by atoms with van der Waals surface area (Å²) in [4.78, 5) is 26.3. The summed E-state index contributed by atoms with van der Waals surface area (Å²) in [5.41, 5.74) is 0.985. The summed E-state index contributed by atoms with van der Waals surface area (Å²) in [6.07, 6.45) is 3.06. The fourth-order valence-corrected chi connectivity index (χ4v) is 3.49. The normalized spacial score (nSPS) is 11.6. The smallest absolute Gasteiger partial charge is 0.284 e. The molecule has 34 heavy (non-hydrogen) atoms. The van der Waals surface area contributed by atoms with Crippen LogP contribution in [0.4, 0.5) is 4.39 Å². The zero-order valence-corrected chi connectivity index (χ0v) is 18.9. The molecule has 8 nitrogen and oxygen atoms in total. The van der Waals surface area contributed by atoms with Gasteiger partial charge >= 0.3 is 0 Å². The lowest BCUT2D eigenvalue weighted by Crippen LogP contribution is -2.35. The second-order valence-electron chi connectivity index (χ2n) is 7.59. The largest absolute Gasteiger partial charge is 0.345 e. The molecule has 4 aromatic rings. The van der Waals surface area contributed by atoms with Gasteiger partial charge in [-0.2, -0.15) is 20.1 Å². The molecule has 0 saturated heterocycles. The van der Waals surface area contributed by atoms with Crippen molar-refractivity contribution in [2.75, 3.05) is 0 Å². The third-order valence-corrected chi connectivity index (χ3v) is 5.45. The number of nitriles is 1. The Balaban J connectivity index is 1.75. The summed E-state index contributed by atoms with van der Waals surface area (Å²) in [6, 6.07) is 13.4. The summed E-state index contributed by atoms with van der Waals surface area (Å²) in [5, 5.41) is 20.7. The first-order chi connectivity index (χ1) is 16.3. The first kappa shape index (κ1) is 22.9. The van der Waals surface area contributed by atoms with E-state index in [4.69, 9.17) is 16.9 Å². The number of carbonyl (C=O) groups excluding carboxylic acids is 1. The van der Waals surface area contributed by atoms with Crippen molar-refractivity contribution in [3.05, 3.63) is 98.8 Å². The average Bonchev–Trinajstić information content (AvgIpc) is 3.25. The first-order valence-corrected chi connectivity index (χ1v) is 10.5. The van der Waals surface area contributed by atoms with Crippen molar-refractivity contribution in [2.45, 2.75) is 13.0 Å². The van der Waals surface area contributed by atoms with E-state index in [2.05, 4.69) is 15.5 Å². The van der Waals surface area contributed by atoms with Gasteiger partial charge in [0.15, 0.2) is 0 Å². The van der Waals surface area contributed by atoms with Crippen molar-refractivity contribution in [1.82, 2.24) is 24.9 Å². The van der Waals surface area contributed by atoms with Gasteiger partial charge in [-0.25, -0.2) is 4.39 Å². The number of hydrogen-bond donors (Lipinski definition) is 1. The third-order valence-electron chi connectivity index (χ3n) is 5.19. The Morgan fingerprint density at radius 2 is 1.94 bits per heavy atom. The van der Waals surface area contributed by atoms with Crippen molar-refractivity contribution in [2.24, 2.45) is 7.05 Å². The van der Waals surface area contributed by atoms with Gasteiger partial charge in [0.25, 0.3) is 11.5 Å². The second-order valence-corrected chi connectivity index (χ2v) is 8.02. The molecule has 170 valence electrons. The molecule has 1 unspecified atom stereocenters. The predicted octanol–water partition coefficient (Wildman–Crippen LogP) is 3.79. The van der Waals surface area contributed by atoms with E-state index in [1.807, 2.05) is 0 Å². The average molecular weight is 477 g/mol. The van der Waals surface area contributed by atoms with E-state index >= 15 is 0 Å². The number of amides is 1. The van der Waals surface area contributed by atoms with E-state index in [1.165, 1.54) is 29.1 Å². The predicted molar refractivity (Wildman–Crippen MR) is 124 cm³/mol. The van der Waals surface area contributed by atoms with Crippen LogP contribution in [0.3, 0.4) is 0 Å². The minimum absolute atomic E-state index is 0.0941. The van der Waals surface area contributed by atoms with Gasteiger partial charge in [-0.3, -0.25) is 14.3 Å². The lowest BCUT2D eigenvalue weighted by atomic mass is 10.0. The molecule has 2 aromatic heterocycles. The van der Waals surface area contributed by atoms with Crippen LogP contribution < -0.4 is 10.9 Å². The zero-order valence-electron chi connectivity index (χ0n) is 18.2. The van der Waals surface area contributed by atoms with Crippen molar-refractivity contribution >= 4 is 17.5 Å². The molecule has 1 amide bonds. The van der Waals surface area contributed by atoms with Crippen LogP contribution in [0.2, 0.25) is 5.02 Å². The number of nitrogens with one attached hydrogen (secondary N) is 1. The molecule has 0 radical (unpaired) electrons. The second kappa shape index (κ2) is 9.29. The SMILES string of the molecule is CC(NC(=O)c1cc(-c2ccc(Cl)cc2)nn(-c2cnn(C)c2)c1=O)c1ccc(C#N)c(F)c1. The molecule has 2 heterocycles. The van der Waals surface area contributed by atoms with Crippen LogP contribution in [0.25, 0.3) is 16.9 Å². The number of rotatable bonds is 5. The van der Waals surface area contributed by atoms with Gasteiger partial charge in [0.1, 0.15) is 23.1 Å². The van der Waals surface area contributed by atoms with Gasteiger partial charge in [-0.05, 0) is 42.8 Å². The number of nitrogens with zero attached hydrogens (tertiary/aromatic N) is 5. The fourth-order valence-electron chi connectivity index (χ4n) is 3.36. The van der Waals surface area contributed by atoms with E-state index in [0.717, 1.165) is 4.68 Å². The van der Waals surface area contributed by atoms with Crippen LogP contribution in [0.1, 0.15) is 34.5 Å². The Morgan fingerprint density at radius 1 is 1.21 bits per heavy atom. The molecule has 0 bridgehead atoms. The monoisotopic (exact) mass is 476 g/mol.